The summed E-state index contributed by atoms with van der Waals surface area (Å²) < 4.78 is 6.84. The molecule has 5 rings (SSSR count). The van der Waals surface area contributed by atoms with Crippen molar-refractivity contribution in [2.75, 3.05) is 6.54 Å². The number of aromatic nitrogens is 3. The first kappa shape index (κ1) is 19.1. The minimum Gasteiger partial charge on any atom is -0.481 e. The molecule has 0 bridgehead atoms. The summed E-state index contributed by atoms with van der Waals surface area (Å²) in [6.07, 6.45) is 2.37. The number of fused-ring (bicyclic) bond motifs is 5. The fourth-order valence-corrected chi connectivity index (χ4v) is 4.41. The van der Waals surface area contributed by atoms with Crippen molar-refractivity contribution in [2.24, 2.45) is 5.92 Å². The summed E-state index contributed by atoms with van der Waals surface area (Å²) in [5.41, 5.74) is 4.23. The number of carboxylic acid groups (broad SMARTS) is 1. The molecule has 4 heterocycles. The van der Waals surface area contributed by atoms with Crippen LogP contribution < -0.4 is 0 Å². The zero-order valence-corrected chi connectivity index (χ0v) is 17.2. The van der Waals surface area contributed by atoms with Gasteiger partial charge in [-0.2, -0.15) is 5.10 Å². The van der Waals surface area contributed by atoms with Gasteiger partial charge in [-0.3, -0.25) is 14.3 Å². The van der Waals surface area contributed by atoms with Crippen LogP contribution in [0.5, 0.6) is 0 Å². The van der Waals surface area contributed by atoms with E-state index in [4.69, 9.17) is 27.7 Å². The molecule has 0 saturated heterocycles. The Morgan fingerprint density at radius 2 is 2.07 bits per heavy atom. The van der Waals surface area contributed by atoms with Crippen molar-refractivity contribution in [1.82, 2.24) is 19.8 Å². The second-order valence-corrected chi connectivity index (χ2v) is 8.30. The minimum atomic E-state index is -0.889. The van der Waals surface area contributed by atoms with Crippen LogP contribution in [0.3, 0.4) is 0 Å². The second kappa shape index (κ2) is 7.14. The molecule has 1 N–H and O–H groups in total. The van der Waals surface area contributed by atoms with Crippen LogP contribution in [0.15, 0.2) is 29.0 Å². The quantitative estimate of drug-likeness (QED) is 0.647. The van der Waals surface area contributed by atoms with Crippen molar-refractivity contribution in [3.8, 4) is 11.4 Å². The molecule has 10 heteroatoms. The van der Waals surface area contributed by atoms with Gasteiger partial charge < -0.3 is 14.5 Å². The molecule has 1 unspecified atom stereocenters. The number of aliphatic carboxylic acids is 1. The van der Waals surface area contributed by atoms with Gasteiger partial charge in [-0.1, -0.05) is 28.4 Å². The normalized spacial score (nSPS) is 17.7. The van der Waals surface area contributed by atoms with E-state index in [0.29, 0.717) is 47.2 Å². The fraction of sp³-hybridized carbons (Fsp3) is 0.300. The molecule has 0 aliphatic carbocycles. The van der Waals surface area contributed by atoms with E-state index in [0.717, 1.165) is 22.5 Å². The zero-order chi connectivity index (χ0) is 21.0. The molecule has 2 aromatic heterocycles. The van der Waals surface area contributed by atoms with Gasteiger partial charge in [0.15, 0.2) is 0 Å². The summed E-state index contributed by atoms with van der Waals surface area (Å²) >= 11 is 12.0. The lowest BCUT2D eigenvalue weighted by Gasteiger charge is -2.27. The maximum atomic E-state index is 13.1. The highest BCUT2D eigenvalue weighted by molar-refractivity contribution is 6.42. The molecule has 2 aliphatic heterocycles. The van der Waals surface area contributed by atoms with Gasteiger partial charge in [0.25, 0.3) is 5.91 Å². The lowest BCUT2D eigenvalue weighted by atomic mass is 9.98. The number of hydrogen-bond acceptors (Lipinski definition) is 5. The zero-order valence-electron chi connectivity index (χ0n) is 15.6. The predicted molar refractivity (Wildman–Crippen MR) is 107 cm³/mol. The summed E-state index contributed by atoms with van der Waals surface area (Å²) in [7, 11) is 0. The molecule has 2 aliphatic rings. The molecule has 0 spiro atoms. The molecule has 1 aromatic carbocycles. The molecular formula is C20H16Cl2N4O4. The van der Waals surface area contributed by atoms with Crippen LogP contribution in [-0.2, 0) is 30.7 Å². The van der Waals surface area contributed by atoms with Crippen molar-refractivity contribution in [3.05, 3.63) is 56.9 Å². The van der Waals surface area contributed by atoms with Crippen LogP contribution >= 0.6 is 23.2 Å². The first-order chi connectivity index (χ1) is 14.4. The number of benzene rings is 1. The molecule has 1 amide bonds. The largest absolute Gasteiger partial charge is 0.481 e. The third-order valence-electron chi connectivity index (χ3n) is 5.63. The number of nitrogens with zero attached hydrogens (tertiary/aromatic N) is 4. The fourth-order valence-electron chi connectivity index (χ4n) is 4.11. The number of carbonyl (C=O) groups excluding carboxylic acids is 1. The van der Waals surface area contributed by atoms with E-state index in [2.05, 4.69) is 10.3 Å². The molecule has 8 nitrogen and oxygen atoms in total. The van der Waals surface area contributed by atoms with Gasteiger partial charge >= 0.3 is 5.97 Å². The lowest BCUT2D eigenvalue weighted by molar-refractivity contribution is -0.142. The first-order valence-electron chi connectivity index (χ1n) is 9.41. The average Bonchev–Trinajstić information content (AvgIpc) is 3.28. The smallest absolute Gasteiger partial charge is 0.308 e. The number of hydrogen-bond donors (Lipinski definition) is 1. The highest BCUT2D eigenvalue weighted by Crippen LogP contribution is 2.36. The van der Waals surface area contributed by atoms with Gasteiger partial charge in [0.05, 0.1) is 40.4 Å². The highest BCUT2D eigenvalue weighted by Gasteiger charge is 2.35. The van der Waals surface area contributed by atoms with Gasteiger partial charge in [-0.05, 0) is 24.6 Å². The molecule has 0 saturated carbocycles. The third-order valence-corrected chi connectivity index (χ3v) is 6.37. The first-order valence-corrected chi connectivity index (χ1v) is 10.2. The van der Waals surface area contributed by atoms with E-state index in [1.807, 2.05) is 0 Å². The Balaban J connectivity index is 1.52. The van der Waals surface area contributed by atoms with Crippen molar-refractivity contribution in [3.63, 3.8) is 0 Å². The molecular weight excluding hydrogens is 431 g/mol. The molecule has 3 aromatic rings. The van der Waals surface area contributed by atoms with Gasteiger partial charge in [0, 0.05) is 29.7 Å². The average molecular weight is 447 g/mol. The van der Waals surface area contributed by atoms with E-state index in [9.17, 15) is 14.7 Å². The van der Waals surface area contributed by atoms with Crippen LogP contribution in [0.25, 0.3) is 11.4 Å². The Labute approximate surface area is 181 Å². The van der Waals surface area contributed by atoms with Gasteiger partial charge in [0.2, 0.25) is 0 Å². The van der Waals surface area contributed by atoms with Gasteiger partial charge in [-0.25, -0.2) is 0 Å². The molecule has 1 atom stereocenters. The molecule has 0 radical (unpaired) electrons. The lowest BCUT2D eigenvalue weighted by Crippen LogP contribution is -2.36. The number of carboxylic acids is 1. The minimum absolute atomic E-state index is 0.156. The number of carbonyl (C=O) groups is 2. The molecule has 30 heavy (non-hydrogen) atoms. The number of amides is 1. The number of rotatable bonds is 2. The summed E-state index contributed by atoms with van der Waals surface area (Å²) in [5, 5.41) is 19.1. The standard InChI is InChI=1S/C20H16Cl2N4O4/c21-14-2-1-10(6-15(14)22)19(27)25-4-3-16-13(8-25)18-17-12(9-30-24-17)5-11(20(28)29)7-26(18)23-16/h1-2,6,9,11H,3-5,7-8H2,(H,28,29). The van der Waals surface area contributed by atoms with Gasteiger partial charge in [0.1, 0.15) is 12.0 Å². The Kier molecular flexibility index (Phi) is 4.56. The van der Waals surface area contributed by atoms with E-state index in [1.165, 1.54) is 6.26 Å². The summed E-state index contributed by atoms with van der Waals surface area (Å²) in [4.78, 5) is 26.5. The Bertz CT molecular complexity index is 1190. The third kappa shape index (κ3) is 3.07. The monoisotopic (exact) mass is 446 g/mol. The van der Waals surface area contributed by atoms with Gasteiger partial charge in [-0.15, -0.1) is 0 Å². The maximum absolute atomic E-state index is 13.1. The summed E-state index contributed by atoms with van der Waals surface area (Å²) in [6, 6.07) is 4.82. The van der Waals surface area contributed by atoms with E-state index in [1.54, 1.807) is 27.8 Å². The summed E-state index contributed by atoms with van der Waals surface area (Å²) in [6.45, 7) is 1.08. The van der Waals surface area contributed by atoms with Crippen LogP contribution in [0.1, 0.15) is 27.2 Å². The van der Waals surface area contributed by atoms with E-state index >= 15 is 0 Å². The van der Waals surface area contributed by atoms with E-state index < -0.39 is 11.9 Å². The summed E-state index contributed by atoms with van der Waals surface area (Å²) in [5.74, 6) is -1.67. The molecule has 0 fully saturated rings. The van der Waals surface area contributed by atoms with Crippen LogP contribution in [0, 0.1) is 5.92 Å². The maximum Gasteiger partial charge on any atom is 0.308 e. The predicted octanol–water partition coefficient (Wildman–Crippen LogP) is 3.30. The Morgan fingerprint density at radius 1 is 1.23 bits per heavy atom. The van der Waals surface area contributed by atoms with E-state index in [-0.39, 0.29) is 12.5 Å². The SMILES string of the molecule is O=C(O)C1Cc2conc2-c2c3c(nn2C1)CCN(C(=O)c1ccc(Cl)c(Cl)c1)C3. The Morgan fingerprint density at radius 3 is 2.83 bits per heavy atom. The topological polar surface area (TPSA) is 101 Å². The molecule has 154 valence electrons. The highest BCUT2D eigenvalue weighted by atomic mass is 35.5. The van der Waals surface area contributed by atoms with Crippen molar-refractivity contribution in [2.45, 2.75) is 25.9 Å². The number of halogens is 2. The Hall–Kier alpha value is -2.84. The second-order valence-electron chi connectivity index (χ2n) is 7.49. The van der Waals surface area contributed by atoms with Crippen molar-refractivity contribution >= 4 is 35.1 Å². The van der Waals surface area contributed by atoms with Crippen LogP contribution in [0.4, 0.5) is 0 Å². The van der Waals surface area contributed by atoms with Crippen LogP contribution in [0.2, 0.25) is 10.0 Å². The van der Waals surface area contributed by atoms with Crippen molar-refractivity contribution in [1.29, 1.82) is 0 Å². The van der Waals surface area contributed by atoms with Crippen molar-refractivity contribution < 1.29 is 19.2 Å². The van der Waals surface area contributed by atoms with Crippen LogP contribution in [-0.4, -0.2) is 43.4 Å².